The number of imidazole rings is 1. The molecule has 1 aromatic carbocycles. The number of rotatable bonds is 4. The number of anilines is 1. The number of H-pyrrole nitrogens is 2. The molecule has 1 aliphatic carbocycles. The summed E-state index contributed by atoms with van der Waals surface area (Å²) in [5, 5.41) is 13.1. The van der Waals surface area contributed by atoms with E-state index in [1.54, 1.807) is 12.4 Å². The summed E-state index contributed by atoms with van der Waals surface area (Å²) in [6, 6.07) is 8.77. The Labute approximate surface area is 129 Å². The summed E-state index contributed by atoms with van der Waals surface area (Å²) in [4.78, 5) is 7.74. The van der Waals surface area contributed by atoms with Gasteiger partial charge in [0.05, 0.1) is 22.9 Å². The molecule has 6 heteroatoms. The Balaban J connectivity index is 0.000000246. The van der Waals surface area contributed by atoms with Crippen LogP contribution in [0.1, 0.15) is 12.8 Å². The number of aromatic amines is 2. The Bertz CT molecular complexity index is 720. The molecule has 2 heterocycles. The van der Waals surface area contributed by atoms with Crippen LogP contribution in [0.25, 0.3) is 22.6 Å². The normalized spacial score (nSPS) is 13.5. The van der Waals surface area contributed by atoms with Crippen LogP contribution in [-0.4, -0.2) is 33.3 Å². The van der Waals surface area contributed by atoms with Crippen LogP contribution in [0.4, 0.5) is 5.69 Å². The minimum atomic E-state index is 0.757. The van der Waals surface area contributed by atoms with Gasteiger partial charge in [-0.2, -0.15) is 5.10 Å². The van der Waals surface area contributed by atoms with E-state index < -0.39 is 0 Å². The molecular formula is C16H20N6. The molecular weight excluding hydrogens is 276 g/mol. The summed E-state index contributed by atoms with van der Waals surface area (Å²) < 4.78 is 0. The number of para-hydroxylation sites is 2. The van der Waals surface area contributed by atoms with Crippen LogP contribution in [0.2, 0.25) is 0 Å². The monoisotopic (exact) mass is 296 g/mol. The van der Waals surface area contributed by atoms with Crippen molar-refractivity contribution in [3.8, 4) is 11.5 Å². The summed E-state index contributed by atoms with van der Waals surface area (Å²) in [7, 11) is 2.01. The summed E-state index contributed by atoms with van der Waals surface area (Å²) in [6.07, 6.45) is 6.11. The van der Waals surface area contributed by atoms with Crippen LogP contribution >= 0.6 is 0 Å². The topological polar surface area (TPSA) is 81.4 Å². The van der Waals surface area contributed by atoms with Gasteiger partial charge >= 0.3 is 0 Å². The van der Waals surface area contributed by atoms with Crippen molar-refractivity contribution < 1.29 is 0 Å². The lowest BCUT2D eigenvalue weighted by Gasteiger charge is -1.97. The van der Waals surface area contributed by atoms with Crippen molar-refractivity contribution in [2.75, 3.05) is 12.4 Å². The number of nitrogens with one attached hydrogen (secondary N) is 4. The Morgan fingerprint density at radius 3 is 2.77 bits per heavy atom. The van der Waals surface area contributed by atoms with E-state index in [1.165, 1.54) is 12.8 Å². The molecule has 1 fully saturated rings. The molecule has 6 nitrogen and oxygen atoms in total. The highest BCUT2D eigenvalue weighted by Gasteiger charge is 2.17. The molecule has 4 rings (SSSR count). The zero-order chi connectivity index (χ0) is 15.4. The SMILES string of the molecule is C=CNc1cn[nH]c1-c1nc2ccccc2[nH]1.CNC1CC1. The maximum atomic E-state index is 4.50. The van der Waals surface area contributed by atoms with E-state index in [1.807, 2.05) is 31.3 Å². The van der Waals surface area contributed by atoms with Crippen LogP contribution in [0.5, 0.6) is 0 Å². The third-order valence-electron chi connectivity index (χ3n) is 3.51. The zero-order valence-electron chi connectivity index (χ0n) is 12.6. The molecule has 0 amide bonds. The van der Waals surface area contributed by atoms with Crippen LogP contribution < -0.4 is 10.6 Å². The maximum absolute atomic E-state index is 4.50. The molecule has 1 saturated carbocycles. The second-order valence-electron chi connectivity index (χ2n) is 5.17. The van der Waals surface area contributed by atoms with Gasteiger partial charge < -0.3 is 15.6 Å². The molecule has 0 bridgehead atoms. The highest BCUT2D eigenvalue weighted by Crippen LogP contribution is 2.24. The summed E-state index contributed by atoms with van der Waals surface area (Å²) in [5.41, 5.74) is 3.60. The van der Waals surface area contributed by atoms with Gasteiger partial charge in [0.15, 0.2) is 5.82 Å². The second kappa shape index (κ2) is 6.44. The van der Waals surface area contributed by atoms with Gasteiger partial charge in [-0.1, -0.05) is 18.7 Å². The van der Waals surface area contributed by atoms with Crippen molar-refractivity contribution in [3.63, 3.8) is 0 Å². The second-order valence-corrected chi connectivity index (χ2v) is 5.17. The van der Waals surface area contributed by atoms with Crippen molar-refractivity contribution >= 4 is 16.7 Å². The van der Waals surface area contributed by atoms with E-state index in [-0.39, 0.29) is 0 Å². The standard InChI is InChI=1S/C12H11N5.C4H9N/c1-2-13-10-7-14-17-11(10)12-15-8-5-3-4-6-9(8)16-12;1-5-4-2-3-4/h2-7,13H,1H2,(H,14,17)(H,15,16);4-5H,2-3H2,1H3. The molecule has 22 heavy (non-hydrogen) atoms. The third kappa shape index (κ3) is 3.17. The van der Waals surface area contributed by atoms with Gasteiger partial charge in [0.25, 0.3) is 0 Å². The van der Waals surface area contributed by atoms with E-state index >= 15 is 0 Å². The molecule has 1 aliphatic rings. The largest absolute Gasteiger partial charge is 0.359 e. The van der Waals surface area contributed by atoms with Gasteiger partial charge in [-0.25, -0.2) is 4.98 Å². The van der Waals surface area contributed by atoms with Crippen molar-refractivity contribution in [1.29, 1.82) is 0 Å². The molecule has 2 aromatic heterocycles. The van der Waals surface area contributed by atoms with Crippen LogP contribution in [0.15, 0.2) is 43.2 Å². The van der Waals surface area contributed by atoms with E-state index in [9.17, 15) is 0 Å². The van der Waals surface area contributed by atoms with Crippen LogP contribution in [0, 0.1) is 0 Å². The highest BCUT2D eigenvalue weighted by atomic mass is 15.2. The minimum Gasteiger partial charge on any atom is -0.359 e. The van der Waals surface area contributed by atoms with Crippen molar-refractivity contribution in [1.82, 2.24) is 25.5 Å². The van der Waals surface area contributed by atoms with Gasteiger partial charge in [-0.3, -0.25) is 5.10 Å². The Hall–Kier alpha value is -2.60. The van der Waals surface area contributed by atoms with E-state index in [0.717, 1.165) is 34.3 Å². The van der Waals surface area contributed by atoms with E-state index in [4.69, 9.17) is 0 Å². The molecule has 0 saturated heterocycles. The number of hydrogen-bond acceptors (Lipinski definition) is 4. The lowest BCUT2D eigenvalue weighted by molar-refractivity contribution is 0.811. The minimum absolute atomic E-state index is 0.757. The van der Waals surface area contributed by atoms with E-state index in [2.05, 4.69) is 37.4 Å². The average Bonchev–Trinajstić information content (AvgIpc) is 3.11. The first-order valence-corrected chi connectivity index (χ1v) is 7.35. The van der Waals surface area contributed by atoms with Gasteiger partial charge in [0.1, 0.15) is 5.69 Å². The van der Waals surface area contributed by atoms with Gasteiger partial charge in [0, 0.05) is 6.04 Å². The van der Waals surface area contributed by atoms with Gasteiger partial charge in [0.2, 0.25) is 0 Å². The zero-order valence-corrected chi connectivity index (χ0v) is 12.6. The predicted molar refractivity (Wildman–Crippen MR) is 89.6 cm³/mol. The fourth-order valence-corrected chi connectivity index (χ4v) is 2.13. The Morgan fingerprint density at radius 2 is 2.14 bits per heavy atom. The van der Waals surface area contributed by atoms with E-state index in [0.29, 0.717) is 0 Å². The molecule has 4 N–H and O–H groups in total. The first kappa shape index (κ1) is 14.3. The quantitative estimate of drug-likeness (QED) is 0.597. The number of fused-ring (bicyclic) bond motifs is 1. The van der Waals surface area contributed by atoms with Crippen molar-refractivity contribution in [2.24, 2.45) is 0 Å². The number of benzene rings is 1. The number of nitrogens with zero attached hydrogens (tertiary/aromatic N) is 2. The summed E-state index contributed by atoms with van der Waals surface area (Å²) in [5.74, 6) is 0.757. The molecule has 114 valence electrons. The van der Waals surface area contributed by atoms with Gasteiger partial charge in [-0.05, 0) is 38.2 Å². The predicted octanol–water partition coefficient (Wildman–Crippen LogP) is 2.88. The first-order chi connectivity index (χ1) is 10.8. The molecule has 0 aliphatic heterocycles. The average molecular weight is 296 g/mol. The van der Waals surface area contributed by atoms with Crippen LogP contribution in [0.3, 0.4) is 0 Å². The molecule has 0 radical (unpaired) electrons. The van der Waals surface area contributed by atoms with Gasteiger partial charge in [-0.15, -0.1) is 0 Å². The molecule has 0 spiro atoms. The molecule has 0 atom stereocenters. The Morgan fingerprint density at radius 1 is 1.32 bits per heavy atom. The lowest BCUT2D eigenvalue weighted by atomic mass is 10.3. The third-order valence-corrected chi connectivity index (χ3v) is 3.51. The smallest absolute Gasteiger partial charge is 0.158 e. The van der Waals surface area contributed by atoms with Crippen molar-refractivity contribution in [2.45, 2.75) is 18.9 Å². The first-order valence-electron chi connectivity index (χ1n) is 7.35. The molecule has 3 aromatic rings. The summed E-state index contributed by atoms with van der Waals surface area (Å²) >= 11 is 0. The number of hydrogen-bond donors (Lipinski definition) is 4. The fourth-order valence-electron chi connectivity index (χ4n) is 2.13. The fraction of sp³-hybridized carbons (Fsp3) is 0.250. The maximum Gasteiger partial charge on any atom is 0.158 e. The highest BCUT2D eigenvalue weighted by molar-refractivity contribution is 5.81. The van der Waals surface area contributed by atoms with Crippen LogP contribution in [-0.2, 0) is 0 Å². The summed E-state index contributed by atoms with van der Waals surface area (Å²) in [6.45, 7) is 3.63. The lowest BCUT2D eigenvalue weighted by Crippen LogP contribution is -2.06. The number of aromatic nitrogens is 4. The Kier molecular flexibility index (Phi) is 4.20. The van der Waals surface area contributed by atoms with Crippen molar-refractivity contribution in [3.05, 3.63) is 43.2 Å². The molecule has 0 unspecified atom stereocenters.